The number of nitrogens with zero attached hydrogens (tertiary/aromatic N) is 1. The first kappa shape index (κ1) is 10.2. The molecule has 1 saturated heterocycles. The highest BCUT2D eigenvalue weighted by Gasteiger charge is 2.28. The van der Waals surface area contributed by atoms with Crippen LogP contribution < -0.4 is 5.32 Å². The van der Waals surface area contributed by atoms with Gasteiger partial charge >= 0.3 is 0 Å². The number of hydrogen-bond donors (Lipinski definition) is 1. The number of likely N-dealkylation sites (tertiary alicyclic amines) is 1. The fourth-order valence-corrected chi connectivity index (χ4v) is 2.82. The SMILES string of the molecule is CNCC1CCCN1C1C=CCCC1. The van der Waals surface area contributed by atoms with Crippen molar-refractivity contribution in [1.29, 1.82) is 0 Å². The summed E-state index contributed by atoms with van der Waals surface area (Å²) in [5, 5.41) is 3.31. The molecule has 2 rings (SSSR count). The van der Waals surface area contributed by atoms with E-state index in [1.54, 1.807) is 0 Å². The van der Waals surface area contributed by atoms with Crippen LogP contribution in [0.4, 0.5) is 0 Å². The van der Waals surface area contributed by atoms with Crippen molar-refractivity contribution in [3.63, 3.8) is 0 Å². The van der Waals surface area contributed by atoms with Gasteiger partial charge in [0.25, 0.3) is 0 Å². The molecule has 0 amide bonds. The lowest BCUT2D eigenvalue weighted by Gasteiger charge is -2.32. The molecule has 1 fully saturated rings. The Hall–Kier alpha value is -0.340. The zero-order valence-corrected chi connectivity index (χ0v) is 9.21. The predicted molar refractivity (Wildman–Crippen MR) is 60.4 cm³/mol. The molecule has 0 aromatic rings. The highest BCUT2D eigenvalue weighted by molar-refractivity contribution is 5.01. The standard InChI is InChI=1S/C12H22N2/c1-13-10-12-8-5-9-14(12)11-6-3-2-4-7-11/h3,6,11-13H,2,4-5,7-10H2,1H3. The number of rotatable bonds is 3. The Balaban J connectivity index is 1.94. The monoisotopic (exact) mass is 194 g/mol. The van der Waals surface area contributed by atoms with Gasteiger partial charge in [-0.3, -0.25) is 4.90 Å². The minimum Gasteiger partial charge on any atom is -0.318 e. The fourth-order valence-electron chi connectivity index (χ4n) is 2.82. The van der Waals surface area contributed by atoms with E-state index in [0.717, 1.165) is 18.6 Å². The molecule has 14 heavy (non-hydrogen) atoms. The second-order valence-electron chi connectivity index (χ2n) is 4.52. The van der Waals surface area contributed by atoms with Gasteiger partial charge < -0.3 is 5.32 Å². The molecule has 0 aromatic carbocycles. The van der Waals surface area contributed by atoms with Crippen LogP contribution >= 0.6 is 0 Å². The molecule has 80 valence electrons. The largest absolute Gasteiger partial charge is 0.318 e. The first-order valence-electron chi connectivity index (χ1n) is 5.99. The van der Waals surface area contributed by atoms with E-state index in [0.29, 0.717) is 0 Å². The van der Waals surface area contributed by atoms with Gasteiger partial charge in [-0.15, -0.1) is 0 Å². The Morgan fingerprint density at radius 3 is 3.00 bits per heavy atom. The van der Waals surface area contributed by atoms with Gasteiger partial charge in [0, 0.05) is 18.6 Å². The quantitative estimate of drug-likeness (QED) is 0.689. The van der Waals surface area contributed by atoms with E-state index < -0.39 is 0 Å². The molecular weight excluding hydrogens is 172 g/mol. The van der Waals surface area contributed by atoms with Crippen molar-refractivity contribution in [2.45, 2.75) is 44.2 Å². The summed E-state index contributed by atoms with van der Waals surface area (Å²) in [4.78, 5) is 2.70. The van der Waals surface area contributed by atoms with E-state index in [4.69, 9.17) is 0 Å². The third-order valence-corrected chi connectivity index (χ3v) is 3.52. The molecule has 1 heterocycles. The molecule has 2 aliphatic rings. The van der Waals surface area contributed by atoms with Crippen LogP contribution in [-0.4, -0.2) is 37.1 Å². The molecule has 0 bridgehead atoms. The highest BCUT2D eigenvalue weighted by atomic mass is 15.2. The minimum atomic E-state index is 0.740. The zero-order valence-electron chi connectivity index (χ0n) is 9.21. The normalized spacial score (nSPS) is 33.8. The topological polar surface area (TPSA) is 15.3 Å². The lowest BCUT2D eigenvalue weighted by atomic mass is 10.0. The van der Waals surface area contributed by atoms with Gasteiger partial charge in [-0.25, -0.2) is 0 Å². The first-order valence-corrected chi connectivity index (χ1v) is 5.99. The number of hydrogen-bond acceptors (Lipinski definition) is 2. The lowest BCUT2D eigenvalue weighted by Crippen LogP contribution is -2.43. The Morgan fingerprint density at radius 2 is 2.29 bits per heavy atom. The molecule has 2 heteroatoms. The van der Waals surface area contributed by atoms with E-state index >= 15 is 0 Å². The van der Waals surface area contributed by atoms with Crippen molar-refractivity contribution in [3.05, 3.63) is 12.2 Å². The van der Waals surface area contributed by atoms with Crippen LogP contribution in [0.1, 0.15) is 32.1 Å². The molecule has 2 nitrogen and oxygen atoms in total. The summed E-state index contributed by atoms with van der Waals surface area (Å²) in [6.45, 7) is 2.46. The molecule has 0 saturated carbocycles. The van der Waals surface area contributed by atoms with E-state index in [1.165, 1.54) is 38.6 Å². The minimum absolute atomic E-state index is 0.740. The summed E-state index contributed by atoms with van der Waals surface area (Å²) < 4.78 is 0. The van der Waals surface area contributed by atoms with Crippen LogP contribution in [0.2, 0.25) is 0 Å². The summed E-state index contributed by atoms with van der Waals surface area (Å²) >= 11 is 0. The fraction of sp³-hybridized carbons (Fsp3) is 0.833. The number of likely N-dealkylation sites (N-methyl/N-ethyl adjacent to an activating group) is 1. The van der Waals surface area contributed by atoms with E-state index in [9.17, 15) is 0 Å². The van der Waals surface area contributed by atoms with E-state index in [2.05, 4.69) is 29.4 Å². The summed E-state index contributed by atoms with van der Waals surface area (Å²) in [5.74, 6) is 0. The van der Waals surface area contributed by atoms with Crippen LogP contribution in [0.15, 0.2) is 12.2 Å². The number of allylic oxidation sites excluding steroid dienone is 1. The molecule has 0 spiro atoms. The maximum atomic E-state index is 3.31. The molecular formula is C12H22N2. The maximum Gasteiger partial charge on any atom is 0.0281 e. The Bertz CT molecular complexity index is 200. The maximum absolute atomic E-state index is 3.31. The molecule has 0 aromatic heterocycles. The van der Waals surface area contributed by atoms with E-state index in [1.807, 2.05) is 0 Å². The van der Waals surface area contributed by atoms with Crippen LogP contribution in [0, 0.1) is 0 Å². The van der Waals surface area contributed by atoms with Gasteiger partial charge in [-0.2, -0.15) is 0 Å². The summed E-state index contributed by atoms with van der Waals surface area (Å²) in [7, 11) is 2.06. The van der Waals surface area contributed by atoms with Gasteiger partial charge in [0.15, 0.2) is 0 Å². The van der Waals surface area contributed by atoms with Gasteiger partial charge in [0.05, 0.1) is 0 Å². The van der Waals surface area contributed by atoms with Crippen LogP contribution in [0.3, 0.4) is 0 Å². The lowest BCUT2D eigenvalue weighted by molar-refractivity contribution is 0.195. The number of nitrogens with one attached hydrogen (secondary N) is 1. The van der Waals surface area contributed by atoms with Gasteiger partial charge in [0.1, 0.15) is 0 Å². The molecule has 2 unspecified atom stereocenters. The third kappa shape index (κ3) is 2.18. The van der Waals surface area contributed by atoms with Crippen LogP contribution in [0.25, 0.3) is 0 Å². The summed E-state index contributed by atoms with van der Waals surface area (Å²) in [5.41, 5.74) is 0. The second-order valence-corrected chi connectivity index (χ2v) is 4.52. The highest BCUT2D eigenvalue weighted by Crippen LogP contribution is 2.25. The van der Waals surface area contributed by atoms with Crippen LogP contribution in [-0.2, 0) is 0 Å². The van der Waals surface area contributed by atoms with E-state index in [-0.39, 0.29) is 0 Å². The van der Waals surface area contributed by atoms with Crippen molar-refractivity contribution in [2.24, 2.45) is 0 Å². The Morgan fingerprint density at radius 1 is 1.36 bits per heavy atom. The van der Waals surface area contributed by atoms with Crippen molar-refractivity contribution >= 4 is 0 Å². The molecule has 1 N–H and O–H groups in total. The zero-order chi connectivity index (χ0) is 9.80. The van der Waals surface area contributed by atoms with Crippen molar-refractivity contribution in [2.75, 3.05) is 20.1 Å². The van der Waals surface area contributed by atoms with Crippen molar-refractivity contribution in [1.82, 2.24) is 10.2 Å². The van der Waals surface area contributed by atoms with Crippen molar-refractivity contribution < 1.29 is 0 Å². The van der Waals surface area contributed by atoms with Gasteiger partial charge in [0.2, 0.25) is 0 Å². The van der Waals surface area contributed by atoms with Crippen molar-refractivity contribution in [3.8, 4) is 0 Å². The first-order chi connectivity index (χ1) is 6.92. The second kappa shape index (κ2) is 4.94. The molecule has 1 aliphatic carbocycles. The Labute approximate surface area is 87.4 Å². The van der Waals surface area contributed by atoms with Crippen LogP contribution in [0.5, 0.6) is 0 Å². The molecule has 2 atom stereocenters. The van der Waals surface area contributed by atoms with Gasteiger partial charge in [-0.1, -0.05) is 12.2 Å². The predicted octanol–water partition coefficient (Wildman–Crippen LogP) is 1.78. The molecule has 1 aliphatic heterocycles. The van der Waals surface area contributed by atoms with Gasteiger partial charge in [-0.05, 0) is 45.7 Å². The smallest absolute Gasteiger partial charge is 0.0281 e. The average Bonchev–Trinajstić information content (AvgIpc) is 2.68. The molecule has 0 radical (unpaired) electrons. The average molecular weight is 194 g/mol. The summed E-state index contributed by atoms with van der Waals surface area (Å²) in [6.07, 6.45) is 11.6. The summed E-state index contributed by atoms with van der Waals surface area (Å²) in [6, 6.07) is 1.53. The third-order valence-electron chi connectivity index (χ3n) is 3.52. The Kier molecular flexibility index (Phi) is 3.60.